The van der Waals surface area contributed by atoms with Crippen molar-refractivity contribution < 1.29 is 0 Å². The van der Waals surface area contributed by atoms with Crippen LogP contribution in [0.3, 0.4) is 0 Å². The first-order chi connectivity index (χ1) is 8.35. The van der Waals surface area contributed by atoms with E-state index in [1.165, 1.54) is 5.56 Å². The molecule has 0 radical (unpaired) electrons. The van der Waals surface area contributed by atoms with Gasteiger partial charge in [0.1, 0.15) is 0 Å². The molecule has 4 heteroatoms. The molecule has 0 amide bonds. The average molecular weight is 354 g/mol. The van der Waals surface area contributed by atoms with Crippen molar-refractivity contribution in [1.29, 1.82) is 0 Å². The van der Waals surface area contributed by atoms with Crippen LogP contribution < -0.4 is 0 Å². The number of halogens is 1. The predicted molar refractivity (Wildman–Crippen MR) is 82.6 cm³/mol. The lowest BCUT2D eigenvalue weighted by molar-refractivity contribution is 1.02. The van der Waals surface area contributed by atoms with Crippen LogP contribution in [0.4, 0.5) is 0 Å². The summed E-state index contributed by atoms with van der Waals surface area (Å²) in [5.41, 5.74) is 3.39. The molecule has 1 aromatic heterocycles. The van der Waals surface area contributed by atoms with Crippen LogP contribution in [0.5, 0.6) is 0 Å². The molecule has 86 valence electrons. The molecule has 1 atom stereocenters. The Morgan fingerprint density at radius 2 is 2.29 bits per heavy atom. The predicted octanol–water partition coefficient (Wildman–Crippen LogP) is 4.10. The molecule has 0 spiro atoms. The average Bonchev–Trinajstić information content (AvgIpc) is 2.85. The van der Waals surface area contributed by atoms with Gasteiger partial charge < -0.3 is 0 Å². The highest BCUT2D eigenvalue weighted by Gasteiger charge is 2.04. The first kappa shape index (κ1) is 12.6. The van der Waals surface area contributed by atoms with Gasteiger partial charge in [0, 0.05) is 23.7 Å². The monoisotopic (exact) mass is 354 g/mol. The third-order valence-corrected chi connectivity index (χ3v) is 4.18. The molecule has 0 N–H and O–H groups in total. The summed E-state index contributed by atoms with van der Waals surface area (Å²) >= 11 is 2.33. The highest BCUT2D eigenvalue weighted by Crippen LogP contribution is 2.30. The zero-order valence-corrected chi connectivity index (χ0v) is 12.6. The lowest BCUT2D eigenvalue weighted by Crippen LogP contribution is -1.88. The molecule has 0 bridgehead atoms. The zero-order chi connectivity index (χ0) is 12.1. The number of aromatic nitrogens is 2. The topological polar surface area (TPSA) is 17.8 Å². The fourth-order valence-corrected chi connectivity index (χ4v) is 3.09. The molecule has 0 fully saturated rings. The van der Waals surface area contributed by atoms with Gasteiger partial charge in [-0.1, -0.05) is 30.9 Å². The normalized spacial score (nSPS) is 10.5. The van der Waals surface area contributed by atoms with Crippen LogP contribution in [-0.2, 0) is 0 Å². The Bertz CT molecular complexity index is 566. The second-order valence-electron chi connectivity index (χ2n) is 3.45. The largest absolute Gasteiger partial charge is 0.238 e. The van der Waals surface area contributed by atoms with E-state index in [0.29, 0.717) is 6.37 Å². The van der Waals surface area contributed by atoms with Crippen molar-refractivity contribution in [3.05, 3.63) is 42.1 Å². The molecule has 0 saturated heterocycles. The number of hydrogen-bond donors (Lipinski definition) is 0. The van der Waals surface area contributed by atoms with Crippen LogP contribution in [0.25, 0.3) is 11.3 Å². The fraction of sp³-hybridized carbons (Fsp3) is 0.154. The van der Waals surface area contributed by atoms with Gasteiger partial charge in [0.05, 0.1) is 12.1 Å². The lowest BCUT2D eigenvalue weighted by Gasteiger charge is -2.04. The maximum Gasteiger partial charge on any atom is 0.0729 e. The molecule has 17 heavy (non-hydrogen) atoms. The molecule has 0 aliphatic rings. The summed E-state index contributed by atoms with van der Waals surface area (Å²) in [5.74, 6) is 6.25. The van der Waals surface area contributed by atoms with E-state index < -0.39 is 0 Å². The van der Waals surface area contributed by atoms with Crippen LogP contribution in [0, 0.1) is 11.8 Å². The molecular formula is C13H12IN2P. The van der Waals surface area contributed by atoms with Crippen LogP contribution in [0.15, 0.2) is 36.5 Å². The Kier molecular flexibility index (Phi) is 4.58. The van der Waals surface area contributed by atoms with E-state index in [0.717, 1.165) is 17.7 Å². The van der Waals surface area contributed by atoms with Crippen LogP contribution in [0.2, 0.25) is 0 Å². The van der Waals surface area contributed by atoms with Gasteiger partial charge in [-0.05, 0) is 40.2 Å². The van der Waals surface area contributed by atoms with E-state index in [1.807, 2.05) is 28.8 Å². The first-order valence-electron chi connectivity index (χ1n) is 5.35. The maximum absolute atomic E-state index is 4.29. The summed E-state index contributed by atoms with van der Waals surface area (Å²) < 4.78 is 2.01. The van der Waals surface area contributed by atoms with Gasteiger partial charge in [0.25, 0.3) is 0 Å². The van der Waals surface area contributed by atoms with Gasteiger partial charge in [-0.3, -0.25) is 0 Å². The number of benzene rings is 1. The smallest absolute Gasteiger partial charge is 0.0729 e. The molecule has 2 aromatic rings. The molecule has 1 unspecified atom stereocenters. The van der Waals surface area contributed by atoms with E-state index in [9.17, 15) is 0 Å². The molecular weight excluding hydrogens is 342 g/mol. The second-order valence-corrected chi connectivity index (χ2v) is 5.49. The first-order valence-corrected chi connectivity index (χ1v) is 9.41. The van der Waals surface area contributed by atoms with Gasteiger partial charge >= 0.3 is 0 Å². The molecule has 2 nitrogen and oxygen atoms in total. The van der Waals surface area contributed by atoms with Crippen LogP contribution in [0.1, 0.15) is 18.9 Å². The van der Waals surface area contributed by atoms with Gasteiger partial charge in [0.15, 0.2) is 0 Å². The standard InChI is InChI=1S/C13H12IN2P/c1-2-3-5-11-6-4-7-12(10-11)13-8-9-15-16(13)17-14/h4,6-10,17H,2H2,1H3. The number of hydrogen-bond acceptors (Lipinski definition) is 1. The van der Waals surface area contributed by atoms with E-state index in [1.54, 1.807) is 0 Å². The highest BCUT2D eigenvalue weighted by atomic mass is 127. The van der Waals surface area contributed by atoms with Gasteiger partial charge in [-0.15, -0.1) is 0 Å². The highest BCUT2D eigenvalue weighted by molar-refractivity contribution is 14.2. The van der Waals surface area contributed by atoms with E-state index in [2.05, 4.69) is 58.0 Å². The molecule has 0 aliphatic heterocycles. The molecule has 0 saturated carbocycles. The Hall–Kier alpha value is -0.850. The third-order valence-electron chi connectivity index (χ3n) is 2.29. The van der Waals surface area contributed by atoms with Crippen molar-refractivity contribution >= 4 is 28.4 Å². The maximum atomic E-state index is 4.29. The summed E-state index contributed by atoms with van der Waals surface area (Å²) in [5, 5.41) is 4.29. The van der Waals surface area contributed by atoms with Gasteiger partial charge in [0.2, 0.25) is 0 Å². The quantitative estimate of drug-likeness (QED) is 0.451. The summed E-state index contributed by atoms with van der Waals surface area (Å²) in [6, 6.07) is 10.3. The van der Waals surface area contributed by atoms with Gasteiger partial charge in [-0.2, -0.15) is 5.10 Å². The molecule has 1 aromatic carbocycles. The number of rotatable bonds is 2. The van der Waals surface area contributed by atoms with Crippen molar-refractivity contribution in [1.82, 2.24) is 9.55 Å². The number of nitrogens with zero attached hydrogens (tertiary/aromatic N) is 2. The van der Waals surface area contributed by atoms with Crippen molar-refractivity contribution in [3.63, 3.8) is 0 Å². The Balaban J connectivity index is 2.39. The van der Waals surface area contributed by atoms with Crippen molar-refractivity contribution in [2.45, 2.75) is 13.3 Å². The minimum absolute atomic E-state index is 0.616. The minimum Gasteiger partial charge on any atom is -0.238 e. The Labute approximate surface area is 116 Å². The zero-order valence-electron chi connectivity index (χ0n) is 9.44. The van der Waals surface area contributed by atoms with Crippen molar-refractivity contribution in [3.8, 4) is 23.1 Å². The minimum atomic E-state index is 0.616. The van der Waals surface area contributed by atoms with E-state index in [-0.39, 0.29) is 0 Å². The summed E-state index contributed by atoms with van der Waals surface area (Å²) in [4.78, 5) is 0. The van der Waals surface area contributed by atoms with E-state index in [4.69, 9.17) is 0 Å². The van der Waals surface area contributed by atoms with Gasteiger partial charge in [-0.25, -0.2) is 4.45 Å². The van der Waals surface area contributed by atoms with Crippen LogP contribution in [-0.4, -0.2) is 9.55 Å². The summed E-state index contributed by atoms with van der Waals surface area (Å²) in [6.07, 6.45) is 3.34. The Morgan fingerprint density at radius 1 is 1.41 bits per heavy atom. The fourth-order valence-electron chi connectivity index (χ4n) is 1.54. The third kappa shape index (κ3) is 3.08. The lowest BCUT2D eigenvalue weighted by atomic mass is 10.1. The molecule has 0 aliphatic carbocycles. The second kappa shape index (κ2) is 6.18. The molecule has 2 rings (SSSR count). The summed E-state index contributed by atoms with van der Waals surface area (Å²) in [7, 11) is 0. The Morgan fingerprint density at radius 3 is 3.06 bits per heavy atom. The van der Waals surface area contributed by atoms with Crippen molar-refractivity contribution in [2.24, 2.45) is 0 Å². The summed E-state index contributed by atoms with van der Waals surface area (Å²) in [6.45, 7) is 2.06. The molecule has 1 heterocycles. The van der Waals surface area contributed by atoms with Crippen molar-refractivity contribution in [2.75, 3.05) is 0 Å². The SMILES string of the molecule is CCC#Cc1cccc(-c2ccnn2PI)c1. The van der Waals surface area contributed by atoms with Crippen LogP contribution >= 0.6 is 28.4 Å². The van der Waals surface area contributed by atoms with E-state index >= 15 is 0 Å².